The fourth-order valence-electron chi connectivity index (χ4n) is 2.58. The Balaban J connectivity index is 1.93. The van der Waals surface area contributed by atoms with E-state index in [1.807, 2.05) is 13.0 Å². The van der Waals surface area contributed by atoms with Crippen molar-refractivity contribution in [1.29, 1.82) is 0 Å². The van der Waals surface area contributed by atoms with Crippen LogP contribution in [0.2, 0.25) is 0 Å². The summed E-state index contributed by atoms with van der Waals surface area (Å²) < 4.78 is 5.60. The molecule has 3 N–H and O–H groups in total. The highest BCUT2D eigenvalue weighted by Gasteiger charge is 2.21. The van der Waals surface area contributed by atoms with E-state index in [4.69, 9.17) is 10.3 Å². The van der Waals surface area contributed by atoms with Crippen LogP contribution in [-0.4, -0.2) is 47.9 Å². The van der Waals surface area contributed by atoms with Gasteiger partial charge in [-0.05, 0) is 26.8 Å². The van der Waals surface area contributed by atoms with Gasteiger partial charge in [-0.2, -0.15) is 0 Å². The molecule has 112 valence electrons. The van der Waals surface area contributed by atoms with Crippen LogP contribution in [0.1, 0.15) is 35.7 Å². The average Bonchev–Trinajstić information content (AvgIpc) is 2.79. The van der Waals surface area contributed by atoms with Crippen LogP contribution in [0.4, 0.5) is 0 Å². The highest BCUT2D eigenvalue weighted by molar-refractivity contribution is 5.92. The van der Waals surface area contributed by atoms with Gasteiger partial charge in [-0.3, -0.25) is 20.0 Å². The predicted molar refractivity (Wildman–Crippen MR) is 77.1 cm³/mol. The molecule has 1 aliphatic rings. The summed E-state index contributed by atoms with van der Waals surface area (Å²) in [6.07, 6.45) is 0. The number of aryl methyl sites for hydroxylation is 1. The van der Waals surface area contributed by atoms with E-state index >= 15 is 0 Å². The molecular weight excluding hydrogens is 256 g/mol. The molecule has 0 bridgehead atoms. The third-order valence-corrected chi connectivity index (χ3v) is 3.82. The molecule has 0 radical (unpaired) electrons. The van der Waals surface area contributed by atoms with E-state index < -0.39 is 0 Å². The number of hydrazine groups is 1. The molecule has 0 unspecified atom stereocenters. The maximum absolute atomic E-state index is 11.5. The number of amides is 1. The normalized spacial score (nSPS) is 17.6. The van der Waals surface area contributed by atoms with Crippen molar-refractivity contribution in [2.75, 3.05) is 26.2 Å². The van der Waals surface area contributed by atoms with Gasteiger partial charge in [0.2, 0.25) is 0 Å². The lowest BCUT2D eigenvalue weighted by Crippen LogP contribution is -2.48. The molecule has 0 aromatic carbocycles. The maximum atomic E-state index is 11.5. The Morgan fingerprint density at radius 1 is 1.40 bits per heavy atom. The Kier molecular flexibility index (Phi) is 4.80. The monoisotopic (exact) mass is 280 g/mol. The molecule has 1 fully saturated rings. The fourth-order valence-corrected chi connectivity index (χ4v) is 2.58. The van der Waals surface area contributed by atoms with Crippen LogP contribution in [0.25, 0.3) is 0 Å². The van der Waals surface area contributed by atoms with E-state index in [1.54, 1.807) is 0 Å². The molecule has 0 atom stereocenters. The molecule has 0 spiro atoms. The van der Waals surface area contributed by atoms with Crippen molar-refractivity contribution in [1.82, 2.24) is 15.2 Å². The lowest BCUT2D eigenvalue weighted by Gasteiger charge is -2.36. The van der Waals surface area contributed by atoms with Crippen molar-refractivity contribution in [3.8, 4) is 0 Å². The Bertz CT molecular complexity index is 462. The number of rotatable bonds is 4. The molecule has 1 amide bonds. The second kappa shape index (κ2) is 6.39. The highest BCUT2D eigenvalue weighted by Crippen LogP contribution is 2.17. The summed E-state index contributed by atoms with van der Waals surface area (Å²) in [5.41, 5.74) is 2.93. The van der Waals surface area contributed by atoms with Gasteiger partial charge in [0.15, 0.2) is 5.76 Å². The Morgan fingerprint density at radius 2 is 2.05 bits per heavy atom. The van der Waals surface area contributed by atoms with Gasteiger partial charge in [-0.25, -0.2) is 5.84 Å². The van der Waals surface area contributed by atoms with E-state index in [2.05, 4.69) is 29.1 Å². The van der Waals surface area contributed by atoms with E-state index in [9.17, 15) is 4.79 Å². The Morgan fingerprint density at radius 3 is 2.60 bits per heavy atom. The summed E-state index contributed by atoms with van der Waals surface area (Å²) in [4.78, 5) is 16.3. The molecule has 0 aliphatic carbocycles. The first-order chi connectivity index (χ1) is 9.51. The van der Waals surface area contributed by atoms with E-state index in [0.717, 1.165) is 44.0 Å². The molecule has 1 saturated heterocycles. The number of nitrogens with two attached hydrogens (primary N) is 1. The lowest BCUT2D eigenvalue weighted by atomic mass is 10.2. The maximum Gasteiger partial charge on any atom is 0.301 e. The number of piperazine rings is 1. The van der Waals surface area contributed by atoms with Crippen molar-refractivity contribution in [2.45, 2.75) is 33.4 Å². The van der Waals surface area contributed by atoms with Crippen molar-refractivity contribution >= 4 is 5.91 Å². The molecule has 0 saturated carbocycles. The Hall–Kier alpha value is -1.37. The number of carbonyl (C=O) groups is 1. The van der Waals surface area contributed by atoms with E-state index in [1.165, 1.54) is 0 Å². The van der Waals surface area contributed by atoms with Gasteiger partial charge in [-0.15, -0.1) is 0 Å². The summed E-state index contributed by atoms with van der Waals surface area (Å²) in [6, 6.07) is 2.52. The van der Waals surface area contributed by atoms with Gasteiger partial charge in [0.25, 0.3) is 0 Å². The van der Waals surface area contributed by atoms with Crippen LogP contribution < -0.4 is 11.3 Å². The lowest BCUT2D eigenvalue weighted by molar-refractivity contribution is 0.0900. The number of hydrogen-bond acceptors (Lipinski definition) is 5. The van der Waals surface area contributed by atoms with Crippen LogP contribution in [0, 0.1) is 6.92 Å². The molecule has 20 heavy (non-hydrogen) atoms. The first-order valence-corrected chi connectivity index (χ1v) is 7.08. The molecule has 6 heteroatoms. The minimum Gasteiger partial charge on any atom is -0.454 e. The molecule has 1 aromatic heterocycles. The first-order valence-electron chi connectivity index (χ1n) is 7.08. The summed E-state index contributed by atoms with van der Waals surface area (Å²) in [5, 5.41) is 0. The minimum atomic E-state index is -0.377. The number of carbonyl (C=O) groups excluding carboxylic acids is 1. The zero-order chi connectivity index (χ0) is 14.7. The second-order valence-electron chi connectivity index (χ2n) is 5.60. The van der Waals surface area contributed by atoms with Gasteiger partial charge >= 0.3 is 5.91 Å². The van der Waals surface area contributed by atoms with Crippen molar-refractivity contribution < 1.29 is 9.21 Å². The molecule has 2 heterocycles. The van der Waals surface area contributed by atoms with Crippen LogP contribution in [0.15, 0.2) is 10.5 Å². The average molecular weight is 280 g/mol. The SMILES string of the molecule is Cc1cc(CN2CCN(C(C)C)CC2)oc1C(=O)NN. The van der Waals surface area contributed by atoms with Crippen LogP contribution >= 0.6 is 0 Å². The van der Waals surface area contributed by atoms with Gasteiger partial charge in [0.1, 0.15) is 5.76 Å². The van der Waals surface area contributed by atoms with Gasteiger partial charge in [0.05, 0.1) is 6.54 Å². The van der Waals surface area contributed by atoms with Crippen LogP contribution in [-0.2, 0) is 6.54 Å². The number of nitrogens with zero attached hydrogens (tertiary/aromatic N) is 2. The number of nitrogen functional groups attached to an aromatic ring is 1. The van der Waals surface area contributed by atoms with Crippen molar-refractivity contribution in [2.24, 2.45) is 5.84 Å². The van der Waals surface area contributed by atoms with E-state index in [-0.39, 0.29) is 5.91 Å². The minimum absolute atomic E-state index is 0.309. The standard InChI is InChI=1S/C14H24N4O2/c1-10(2)18-6-4-17(5-7-18)9-12-8-11(3)13(20-12)14(19)16-15/h8,10H,4-7,9,15H2,1-3H3,(H,16,19). The molecular formula is C14H24N4O2. The summed E-state index contributed by atoms with van der Waals surface area (Å²) in [7, 11) is 0. The zero-order valence-corrected chi connectivity index (χ0v) is 12.5. The fraction of sp³-hybridized carbons (Fsp3) is 0.643. The third-order valence-electron chi connectivity index (χ3n) is 3.82. The highest BCUT2D eigenvalue weighted by atomic mass is 16.4. The number of nitrogens with one attached hydrogen (secondary N) is 1. The third kappa shape index (κ3) is 3.39. The topological polar surface area (TPSA) is 74.7 Å². The van der Waals surface area contributed by atoms with Gasteiger partial charge in [0, 0.05) is 37.8 Å². The molecule has 1 aromatic rings. The van der Waals surface area contributed by atoms with E-state index in [0.29, 0.717) is 11.8 Å². The summed E-state index contributed by atoms with van der Waals surface area (Å²) >= 11 is 0. The van der Waals surface area contributed by atoms with Crippen LogP contribution in [0.5, 0.6) is 0 Å². The van der Waals surface area contributed by atoms with Crippen LogP contribution in [0.3, 0.4) is 0 Å². The molecule has 1 aliphatic heterocycles. The predicted octanol–water partition coefficient (Wildman–Crippen LogP) is 0.718. The van der Waals surface area contributed by atoms with Gasteiger partial charge < -0.3 is 4.42 Å². The van der Waals surface area contributed by atoms with Crippen molar-refractivity contribution in [3.63, 3.8) is 0 Å². The zero-order valence-electron chi connectivity index (χ0n) is 12.5. The molecule has 6 nitrogen and oxygen atoms in total. The van der Waals surface area contributed by atoms with Gasteiger partial charge in [-0.1, -0.05) is 0 Å². The largest absolute Gasteiger partial charge is 0.454 e. The first kappa shape index (κ1) is 15.0. The number of hydrogen-bond donors (Lipinski definition) is 2. The smallest absolute Gasteiger partial charge is 0.301 e. The number of furan rings is 1. The molecule has 2 rings (SSSR count). The van der Waals surface area contributed by atoms with Crippen molar-refractivity contribution in [3.05, 3.63) is 23.2 Å². The second-order valence-corrected chi connectivity index (χ2v) is 5.60. The quantitative estimate of drug-likeness (QED) is 0.483. The summed E-state index contributed by atoms with van der Waals surface area (Å²) in [5.74, 6) is 5.89. The summed E-state index contributed by atoms with van der Waals surface area (Å²) in [6.45, 7) is 11.2. The Labute approximate surface area is 119 Å².